The van der Waals surface area contributed by atoms with E-state index in [-0.39, 0.29) is 5.56 Å². The Balaban J connectivity index is 1.86. The molecule has 1 atom stereocenters. The van der Waals surface area contributed by atoms with Gasteiger partial charge >= 0.3 is 6.09 Å². The number of H-pyrrole nitrogens is 1. The quantitative estimate of drug-likeness (QED) is 0.595. The molecule has 7 heteroatoms. The fourth-order valence-electron chi connectivity index (χ4n) is 2.97. The van der Waals surface area contributed by atoms with Crippen LogP contribution in [-0.4, -0.2) is 21.7 Å². The number of imidazole rings is 1. The van der Waals surface area contributed by atoms with Gasteiger partial charge in [0.2, 0.25) is 0 Å². The number of alkyl carbamates (subject to hydrolysis) is 1. The Morgan fingerprint density at radius 1 is 1.10 bits per heavy atom. The lowest BCUT2D eigenvalue weighted by atomic mass is 10.0. The van der Waals surface area contributed by atoms with Gasteiger partial charge < -0.3 is 15.0 Å². The maximum absolute atomic E-state index is 13.5. The van der Waals surface area contributed by atoms with Crippen molar-refractivity contribution in [2.45, 2.75) is 51.7 Å². The lowest BCUT2D eigenvalue weighted by Gasteiger charge is -2.23. The molecule has 1 amide bonds. The maximum atomic E-state index is 13.5. The van der Waals surface area contributed by atoms with Crippen LogP contribution in [-0.2, 0) is 17.1 Å². The molecular formula is C22H25F2N3O2. The van der Waals surface area contributed by atoms with E-state index in [1.165, 1.54) is 12.1 Å². The second-order valence-corrected chi connectivity index (χ2v) is 8.13. The van der Waals surface area contributed by atoms with Crippen LogP contribution in [0.1, 0.15) is 50.7 Å². The predicted octanol–water partition coefficient (Wildman–Crippen LogP) is 5.48. The van der Waals surface area contributed by atoms with Crippen molar-refractivity contribution < 1.29 is 18.3 Å². The SMILES string of the molecule is CC(C)(C)OC(=O)NC(Cc1ccc(C(C)(F)F)cc1)c1nc2ccccc2[nH]1. The van der Waals surface area contributed by atoms with Gasteiger partial charge in [0.15, 0.2) is 0 Å². The first-order valence-electron chi connectivity index (χ1n) is 9.43. The number of amides is 1. The average molecular weight is 401 g/mol. The first kappa shape index (κ1) is 20.8. The number of benzene rings is 2. The van der Waals surface area contributed by atoms with Gasteiger partial charge in [-0.3, -0.25) is 0 Å². The molecule has 0 bridgehead atoms. The van der Waals surface area contributed by atoms with E-state index in [1.807, 2.05) is 24.3 Å². The molecule has 0 aliphatic heterocycles. The van der Waals surface area contributed by atoms with Crippen LogP contribution >= 0.6 is 0 Å². The number of carbonyl (C=O) groups excluding carboxylic acids is 1. The molecule has 2 N–H and O–H groups in total. The summed E-state index contributed by atoms with van der Waals surface area (Å²) in [4.78, 5) is 20.1. The molecule has 5 nitrogen and oxygen atoms in total. The van der Waals surface area contributed by atoms with E-state index in [2.05, 4.69) is 15.3 Å². The number of fused-ring (bicyclic) bond motifs is 1. The van der Waals surface area contributed by atoms with Crippen molar-refractivity contribution in [1.82, 2.24) is 15.3 Å². The van der Waals surface area contributed by atoms with E-state index in [1.54, 1.807) is 32.9 Å². The zero-order valence-corrected chi connectivity index (χ0v) is 16.9. The molecule has 2 aromatic carbocycles. The molecule has 0 spiro atoms. The van der Waals surface area contributed by atoms with Crippen molar-refractivity contribution in [1.29, 1.82) is 0 Å². The molecule has 154 valence electrons. The highest BCUT2D eigenvalue weighted by atomic mass is 19.3. The first-order valence-corrected chi connectivity index (χ1v) is 9.43. The largest absolute Gasteiger partial charge is 0.444 e. The van der Waals surface area contributed by atoms with Gasteiger partial charge in [0, 0.05) is 18.9 Å². The number of nitrogens with zero attached hydrogens (tertiary/aromatic N) is 1. The van der Waals surface area contributed by atoms with Crippen LogP contribution in [0.3, 0.4) is 0 Å². The topological polar surface area (TPSA) is 67.0 Å². The van der Waals surface area contributed by atoms with Crippen molar-refractivity contribution in [2.24, 2.45) is 0 Å². The van der Waals surface area contributed by atoms with Crippen LogP contribution in [0.4, 0.5) is 13.6 Å². The summed E-state index contributed by atoms with van der Waals surface area (Å²) in [5.41, 5.74) is 1.72. The van der Waals surface area contributed by atoms with Crippen molar-refractivity contribution >= 4 is 17.1 Å². The Morgan fingerprint density at radius 3 is 2.34 bits per heavy atom. The van der Waals surface area contributed by atoms with Gasteiger partial charge in [0.1, 0.15) is 11.4 Å². The number of hydrogen-bond acceptors (Lipinski definition) is 3. The third kappa shape index (κ3) is 5.53. The molecule has 0 saturated carbocycles. The Bertz CT molecular complexity index is 953. The van der Waals surface area contributed by atoms with Crippen LogP contribution < -0.4 is 5.32 Å². The van der Waals surface area contributed by atoms with Crippen LogP contribution in [0, 0.1) is 0 Å². The van der Waals surface area contributed by atoms with Gasteiger partial charge in [0.25, 0.3) is 5.92 Å². The molecule has 1 unspecified atom stereocenters. The van der Waals surface area contributed by atoms with Crippen LogP contribution in [0.25, 0.3) is 11.0 Å². The second kappa shape index (κ2) is 7.81. The van der Waals surface area contributed by atoms with Crippen molar-refractivity contribution in [2.75, 3.05) is 0 Å². The molecular weight excluding hydrogens is 376 g/mol. The highest BCUT2D eigenvalue weighted by Crippen LogP contribution is 2.28. The summed E-state index contributed by atoms with van der Waals surface area (Å²) in [5.74, 6) is -2.33. The Kier molecular flexibility index (Phi) is 5.59. The standard InChI is InChI=1S/C22H25F2N3O2/c1-21(2,3)29-20(28)27-18(19-25-16-7-5-6-8-17(16)26-19)13-14-9-11-15(12-10-14)22(4,23)24/h5-12,18H,13H2,1-4H3,(H,25,26)(H,27,28). The minimum Gasteiger partial charge on any atom is -0.444 e. The lowest BCUT2D eigenvalue weighted by molar-refractivity contribution is 0.0174. The van der Waals surface area contributed by atoms with E-state index in [4.69, 9.17) is 4.74 Å². The van der Waals surface area contributed by atoms with E-state index in [0.29, 0.717) is 12.2 Å². The summed E-state index contributed by atoms with van der Waals surface area (Å²) in [6.07, 6.45) is -0.200. The Hall–Kier alpha value is -2.96. The van der Waals surface area contributed by atoms with Gasteiger partial charge in [-0.2, -0.15) is 0 Å². The number of nitrogens with one attached hydrogen (secondary N) is 2. The number of rotatable bonds is 5. The Morgan fingerprint density at radius 2 is 1.76 bits per heavy atom. The minimum atomic E-state index is -2.90. The van der Waals surface area contributed by atoms with E-state index >= 15 is 0 Å². The van der Waals surface area contributed by atoms with Gasteiger partial charge in [-0.05, 0) is 38.5 Å². The number of carbonyl (C=O) groups is 1. The average Bonchev–Trinajstić information content (AvgIpc) is 3.03. The van der Waals surface area contributed by atoms with Crippen molar-refractivity contribution in [3.63, 3.8) is 0 Å². The van der Waals surface area contributed by atoms with Gasteiger partial charge in [-0.15, -0.1) is 0 Å². The van der Waals surface area contributed by atoms with E-state index in [0.717, 1.165) is 23.5 Å². The number of aromatic amines is 1. The first-order chi connectivity index (χ1) is 13.5. The summed E-state index contributed by atoms with van der Waals surface area (Å²) in [6.45, 7) is 6.22. The third-order valence-electron chi connectivity index (χ3n) is 4.33. The second-order valence-electron chi connectivity index (χ2n) is 8.13. The highest BCUT2D eigenvalue weighted by Gasteiger charge is 2.25. The summed E-state index contributed by atoms with van der Waals surface area (Å²) in [6, 6.07) is 13.1. The normalized spacial score (nSPS) is 13.3. The number of alkyl halides is 2. The Labute approximate surface area is 168 Å². The molecule has 0 saturated heterocycles. The lowest BCUT2D eigenvalue weighted by Crippen LogP contribution is -2.36. The van der Waals surface area contributed by atoms with Gasteiger partial charge in [-0.1, -0.05) is 36.4 Å². The monoisotopic (exact) mass is 401 g/mol. The molecule has 3 rings (SSSR count). The molecule has 3 aromatic rings. The van der Waals surface area contributed by atoms with Crippen molar-refractivity contribution in [3.8, 4) is 0 Å². The summed E-state index contributed by atoms with van der Waals surface area (Å²) in [5, 5.41) is 2.84. The zero-order valence-electron chi connectivity index (χ0n) is 16.9. The number of hydrogen-bond donors (Lipinski definition) is 2. The molecule has 29 heavy (non-hydrogen) atoms. The molecule has 1 heterocycles. The fourth-order valence-corrected chi connectivity index (χ4v) is 2.97. The summed E-state index contributed by atoms with van der Waals surface area (Å²) >= 11 is 0. The molecule has 0 radical (unpaired) electrons. The zero-order chi connectivity index (χ0) is 21.2. The van der Waals surface area contributed by atoms with Crippen LogP contribution in [0.5, 0.6) is 0 Å². The molecule has 0 aliphatic rings. The summed E-state index contributed by atoms with van der Waals surface area (Å²) in [7, 11) is 0. The number of para-hydroxylation sites is 2. The smallest absolute Gasteiger partial charge is 0.408 e. The predicted molar refractivity (Wildman–Crippen MR) is 108 cm³/mol. The number of halogens is 2. The number of ether oxygens (including phenoxy) is 1. The third-order valence-corrected chi connectivity index (χ3v) is 4.33. The highest BCUT2D eigenvalue weighted by molar-refractivity contribution is 5.75. The van der Waals surface area contributed by atoms with Crippen molar-refractivity contribution in [3.05, 3.63) is 65.5 Å². The maximum Gasteiger partial charge on any atom is 0.408 e. The summed E-state index contributed by atoms with van der Waals surface area (Å²) < 4.78 is 32.3. The van der Waals surface area contributed by atoms with E-state index < -0.39 is 23.7 Å². The minimum absolute atomic E-state index is 0.0540. The molecule has 0 aliphatic carbocycles. The van der Waals surface area contributed by atoms with Gasteiger partial charge in [-0.25, -0.2) is 18.6 Å². The van der Waals surface area contributed by atoms with Crippen LogP contribution in [0.15, 0.2) is 48.5 Å². The number of aromatic nitrogens is 2. The van der Waals surface area contributed by atoms with Crippen LogP contribution in [0.2, 0.25) is 0 Å². The fraction of sp³-hybridized carbons (Fsp3) is 0.364. The molecule has 0 fully saturated rings. The van der Waals surface area contributed by atoms with Gasteiger partial charge in [0.05, 0.1) is 17.1 Å². The van der Waals surface area contributed by atoms with E-state index in [9.17, 15) is 13.6 Å². The molecule has 1 aromatic heterocycles.